The van der Waals surface area contributed by atoms with Crippen LogP contribution in [0.1, 0.15) is 5.56 Å². The minimum atomic E-state index is -4.56. The van der Waals surface area contributed by atoms with E-state index >= 15 is 0 Å². The molecule has 100 valence electrons. The third-order valence-corrected chi connectivity index (χ3v) is 2.40. The molecule has 0 aliphatic carbocycles. The number of nitrogens with one attached hydrogen (secondary N) is 1. The van der Waals surface area contributed by atoms with Crippen LogP contribution >= 0.6 is 0 Å². The Bertz CT molecular complexity index is 432. The fourth-order valence-electron chi connectivity index (χ4n) is 1.43. The fraction of sp³-hybridized carbons (Fsp3) is 0.364. The molecule has 1 aromatic carbocycles. The summed E-state index contributed by atoms with van der Waals surface area (Å²) >= 11 is 0. The van der Waals surface area contributed by atoms with Gasteiger partial charge in [0.05, 0.1) is 0 Å². The molecular formula is C11H14F3N3O. The molecule has 1 atom stereocenters. The number of nitrogens with zero attached hydrogens (tertiary/aromatic N) is 1. The average Bonchev–Trinajstić information content (AvgIpc) is 2.27. The van der Waals surface area contributed by atoms with E-state index in [1.54, 1.807) is 18.2 Å². The van der Waals surface area contributed by atoms with Crippen molar-refractivity contribution in [2.45, 2.75) is 13.1 Å². The quantitative estimate of drug-likeness (QED) is 0.337. The second kappa shape index (κ2) is 5.61. The first-order valence-corrected chi connectivity index (χ1v) is 5.19. The Kier molecular flexibility index (Phi) is 4.41. The van der Waals surface area contributed by atoms with Crippen LogP contribution < -0.4 is 11.1 Å². The number of amidine groups is 1. The monoisotopic (exact) mass is 261 g/mol. The Hall–Kier alpha value is -1.92. The molecule has 0 heterocycles. The van der Waals surface area contributed by atoms with Gasteiger partial charge >= 0.3 is 6.18 Å². The number of oxime groups is 1. The largest absolute Gasteiger partial charge is 0.409 e. The number of nitrogens with two attached hydrogens (primary N) is 1. The van der Waals surface area contributed by atoms with E-state index in [0.717, 1.165) is 5.56 Å². The lowest BCUT2D eigenvalue weighted by Crippen LogP contribution is -2.40. The molecule has 0 bridgehead atoms. The van der Waals surface area contributed by atoms with Crippen molar-refractivity contribution in [3.63, 3.8) is 0 Å². The Morgan fingerprint density at radius 3 is 2.67 bits per heavy atom. The molecule has 4 nitrogen and oxygen atoms in total. The van der Waals surface area contributed by atoms with Crippen molar-refractivity contribution in [2.75, 3.05) is 11.9 Å². The van der Waals surface area contributed by atoms with Crippen LogP contribution in [-0.2, 0) is 0 Å². The molecular weight excluding hydrogens is 247 g/mol. The third kappa shape index (κ3) is 3.83. The van der Waals surface area contributed by atoms with E-state index < -0.39 is 24.5 Å². The summed E-state index contributed by atoms with van der Waals surface area (Å²) in [7, 11) is 0. The first kappa shape index (κ1) is 14.1. The Morgan fingerprint density at radius 1 is 1.50 bits per heavy atom. The molecule has 0 aliphatic heterocycles. The lowest BCUT2D eigenvalue weighted by molar-refractivity contribution is -0.152. The number of hydrogen-bond acceptors (Lipinski definition) is 3. The van der Waals surface area contributed by atoms with Crippen molar-refractivity contribution < 1.29 is 18.4 Å². The van der Waals surface area contributed by atoms with E-state index in [0.29, 0.717) is 5.69 Å². The zero-order chi connectivity index (χ0) is 13.8. The van der Waals surface area contributed by atoms with Crippen LogP contribution in [0.4, 0.5) is 18.9 Å². The van der Waals surface area contributed by atoms with E-state index in [4.69, 9.17) is 10.9 Å². The number of alkyl halides is 3. The van der Waals surface area contributed by atoms with Gasteiger partial charge in [0, 0.05) is 12.2 Å². The molecule has 1 rings (SSSR count). The van der Waals surface area contributed by atoms with Gasteiger partial charge in [0.15, 0.2) is 5.84 Å². The number of hydrogen-bond donors (Lipinski definition) is 3. The van der Waals surface area contributed by atoms with E-state index in [9.17, 15) is 13.2 Å². The van der Waals surface area contributed by atoms with Gasteiger partial charge in [0.25, 0.3) is 0 Å². The topological polar surface area (TPSA) is 70.6 Å². The van der Waals surface area contributed by atoms with Crippen molar-refractivity contribution >= 4 is 11.5 Å². The van der Waals surface area contributed by atoms with Crippen LogP contribution in [0.2, 0.25) is 0 Å². The maximum absolute atomic E-state index is 12.6. The highest BCUT2D eigenvalue weighted by atomic mass is 19.4. The molecule has 0 amide bonds. The maximum atomic E-state index is 12.6. The zero-order valence-corrected chi connectivity index (χ0v) is 9.70. The standard InChI is InChI=1S/C11H14F3N3O/c1-7-3-2-4-8(5-7)16-6-9(10(15)17-18)11(12,13)14/h2-5,9,16,18H,6H2,1H3,(H2,15,17). The zero-order valence-electron chi connectivity index (χ0n) is 9.70. The SMILES string of the molecule is Cc1cccc(NCC(/C(N)=N/O)C(F)(F)F)c1. The number of halogens is 3. The summed E-state index contributed by atoms with van der Waals surface area (Å²) in [5, 5.41) is 13.4. The van der Waals surface area contributed by atoms with E-state index in [2.05, 4.69) is 10.5 Å². The van der Waals surface area contributed by atoms with Crippen molar-refractivity contribution in [3.05, 3.63) is 29.8 Å². The van der Waals surface area contributed by atoms with Gasteiger partial charge in [-0.25, -0.2) is 0 Å². The summed E-state index contributed by atoms with van der Waals surface area (Å²) in [5.74, 6) is -2.88. The van der Waals surface area contributed by atoms with Crippen LogP contribution in [0.5, 0.6) is 0 Å². The van der Waals surface area contributed by atoms with Crippen LogP contribution in [-0.4, -0.2) is 23.8 Å². The van der Waals surface area contributed by atoms with E-state index in [1.165, 1.54) is 0 Å². The van der Waals surface area contributed by atoms with Crippen LogP contribution in [0.25, 0.3) is 0 Å². The lowest BCUT2D eigenvalue weighted by atomic mass is 10.1. The molecule has 1 aromatic rings. The Balaban J connectivity index is 2.75. The molecule has 0 fully saturated rings. The highest BCUT2D eigenvalue weighted by Gasteiger charge is 2.42. The van der Waals surface area contributed by atoms with Crippen molar-refractivity contribution in [1.82, 2.24) is 0 Å². The van der Waals surface area contributed by atoms with Crippen LogP contribution in [0, 0.1) is 12.8 Å². The highest BCUT2D eigenvalue weighted by Crippen LogP contribution is 2.26. The maximum Gasteiger partial charge on any atom is 0.400 e. The second-order valence-electron chi connectivity index (χ2n) is 3.87. The summed E-state index contributed by atoms with van der Waals surface area (Å²) in [4.78, 5) is 0. The average molecular weight is 261 g/mol. The summed E-state index contributed by atoms with van der Waals surface area (Å²) in [6.07, 6.45) is -4.56. The number of benzene rings is 1. The smallest absolute Gasteiger partial charge is 0.400 e. The van der Waals surface area contributed by atoms with Crippen molar-refractivity contribution in [3.8, 4) is 0 Å². The van der Waals surface area contributed by atoms with Gasteiger partial charge in [-0.15, -0.1) is 0 Å². The van der Waals surface area contributed by atoms with Gasteiger partial charge in [-0.3, -0.25) is 0 Å². The summed E-state index contributed by atoms with van der Waals surface area (Å²) in [6.45, 7) is 1.35. The number of anilines is 1. The predicted molar refractivity (Wildman–Crippen MR) is 62.6 cm³/mol. The molecule has 0 spiro atoms. The molecule has 18 heavy (non-hydrogen) atoms. The molecule has 0 radical (unpaired) electrons. The van der Waals surface area contributed by atoms with Gasteiger partial charge in [0.1, 0.15) is 5.92 Å². The molecule has 7 heteroatoms. The number of rotatable bonds is 4. The first-order chi connectivity index (χ1) is 8.34. The molecule has 0 saturated carbocycles. The van der Waals surface area contributed by atoms with Gasteiger partial charge in [-0.1, -0.05) is 17.3 Å². The van der Waals surface area contributed by atoms with Gasteiger partial charge in [-0.05, 0) is 24.6 Å². The molecule has 4 N–H and O–H groups in total. The van der Waals surface area contributed by atoms with Gasteiger partial charge in [0.2, 0.25) is 0 Å². The molecule has 1 unspecified atom stereocenters. The first-order valence-electron chi connectivity index (χ1n) is 5.19. The van der Waals surface area contributed by atoms with Crippen LogP contribution in [0.15, 0.2) is 29.4 Å². The number of aryl methyl sites for hydroxylation is 1. The summed E-state index contributed by atoms with van der Waals surface area (Å²) < 4.78 is 37.9. The fourth-order valence-corrected chi connectivity index (χ4v) is 1.43. The van der Waals surface area contributed by atoms with Gasteiger partial charge < -0.3 is 16.3 Å². The highest BCUT2D eigenvalue weighted by molar-refractivity contribution is 5.83. The normalized spacial score (nSPS) is 14.3. The van der Waals surface area contributed by atoms with Crippen molar-refractivity contribution in [1.29, 1.82) is 0 Å². The van der Waals surface area contributed by atoms with Gasteiger partial charge in [-0.2, -0.15) is 13.2 Å². The minimum Gasteiger partial charge on any atom is -0.409 e. The Morgan fingerprint density at radius 2 is 2.17 bits per heavy atom. The lowest BCUT2D eigenvalue weighted by Gasteiger charge is -2.19. The minimum absolute atomic E-state index is 0.483. The molecule has 0 aliphatic rings. The van der Waals surface area contributed by atoms with E-state index in [-0.39, 0.29) is 0 Å². The Labute approximate surface area is 102 Å². The summed E-state index contributed by atoms with van der Waals surface area (Å²) in [6, 6.07) is 6.91. The predicted octanol–water partition coefficient (Wildman–Crippen LogP) is 2.33. The molecule has 0 aromatic heterocycles. The third-order valence-electron chi connectivity index (χ3n) is 2.40. The van der Waals surface area contributed by atoms with E-state index in [1.807, 2.05) is 13.0 Å². The summed E-state index contributed by atoms with van der Waals surface area (Å²) in [5.41, 5.74) is 6.51. The molecule has 0 saturated heterocycles. The second-order valence-corrected chi connectivity index (χ2v) is 3.87. The van der Waals surface area contributed by atoms with Crippen LogP contribution in [0.3, 0.4) is 0 Å². The van der Waals surface area contributed by atoms with Crippen molar-refractivity contribution in [2.24, 2.45) is 16.8 Å².